The van der Waals surface area contributed by atoms with Gasteiger partial charge in [0.25, 0.3) is 15.9 Å². The summed E-state index contributed by atoms with van der Waals surface area (Å²) in [6, 6.07) is 23.2. The maximum Gasteiger partial charge on any atom is 0.261 e. The molecule has 0 saturated carbocycles. The highest BCUT2D eigenvalue weighted by Gasteiger charge is 2.16. The zero-order valence-corrected chi connectivity index (χ0v) is 17.1. The lowest BCUT2D eigenvalue weighted by Gasteiger charge is -2.10. The van der Waals surface area contributed by atoms with Gasteiger partial charge in [-0.3, -0.25) is 9.52 Å². The third-order valence-corrected chi connectivity index (χ3v) is 5.86. The molecule has 0 fully saturated rings. The number of amides is 1. The number of benzene rings is 3. The minimum atomic E-state index is -3.77. The molecule has 0 heterocycles. The number of carbonyl (C=O) groups is 1. The van der Waals surface area contributed by atoms with E-state index in [1.165, 1.54) is 17.7 Å². The Morgan fingerprint density at radius 3 is 2.34 bits per heavy atom. The first kappa shape index (κ1) is 20.6. The van der Waals surface area contributed by atoms with Crippen molar-refractivity contribution in [2.45, 2.75) is 24.7 Å². The second kappa shape index (κ2) is 9.39. The largest absolute Gasteiger partial charge is 0.352 e. The van der Waals surface area contributed by atoms with Crippen LogP contribution in [0.4, 0.5) is 5.69 Å². The van der Waals surface area contributed by atoms with Crippen molar-refractivity contribution < 1.29 is 13.2 Å². The molecule has 150 valence electrons. The van der Waals surface area contributed by atoms with Crippen LogP contribution >= 0.6 is 0 Å². The van der Waals surface area contributed by atoms with Gasteiger partial charge in [-0.1, -0.05) is 54.1 Å². The van der Waals surface area contributed by atoms with Crippen molar-refractivity contribution in [2.75, 3.05) is 11.3 Å². The number of sulfonamides is 1. The van der Waals surface area contributed by atoms with Crippen molar-refractivity contribution in [3.8, 4) is 0 Å². The van der Waals surface area contributed by atoms with Crippen molar-refractivity contribution in [1.29, 1.82) is 0 Å². The Hall–Kier alpha value is -3.12. The summed E-state index contributed by atoms with van der Waals surface area (Å²) in [4.78, 5) is 12.5. The molecule has 29 heavy (non-hydrogen) atoms. The lowest BCUT2D eigenvalue weighted by molar-refractivity contribution is 0.0953. The SMILES string of the molecule is Cc1ccc(NS(=O)(=O)c2cccc(C(=O)NCCCc3ccccc3)c2)cc1. The molecule has 0 aromatic heterocycles. The summed E-state index contributed by atoms with van der Waals surface area (Å²) >= 11 is 0. The van der Waals surface area contributed by atoms with Crippen LogP contribution in [0.15, 0.2) is 83.8 Å². The molecule has 3 aromatic carbocycles. The lowest BCUT2D eigenvalue weighted by Crippen LogP contribution is -2.25. The van der Waals surface area contributed by atoms with Crippen LogP contribution in [0, 0.1) is 6.92 Å². The Morgan fingerprint density at radius 2 is 1.62 bits per heavy atom. The molecular weight excluding hydrogens is 384 g/mol. The number of hydrogen-bond donors (Lipinski definition) is 2. The molecule has 5 nitrogen and oxygen atoms in total. The van der Waals surface area contributed by atoms with Crippen molar-refractivity contribution in [3.05, 3.63) is 95.6 Å². The van der Waals surface area contributed by atoms with E-state index in [4.69, 9.17) is 0 Å². The third kappa shape index (κ3) is 5.93. The van der Waals surface area contributed by atoms with Crippen molar-refractivity contribution in [2.24, 2.45) is 0 Å². The number of aryl methyl sites for hydroxylation is 2. The fourth-order valence-electron chi connectivity index (χ4n) is 2.88. The second-order valence-corrected chi connectivity index (χ2v) is 8.53. The van der Waals surface area contributed by atoms with Gasteiger partial charge in [0.05, 0.1) is 4.90 Å². The normalized spacial score (nSPS) is 11.1. The van der Waals surface area contributed by atoms with Gasteiger partial charge in [0.1, 0.15) is 0 Å². The highest BCUT2D eigenvalue weighted by molar-refractivity contribution is 7.92. The molecular formula is C23H24N2O3S. The highest BCUT2D eigenvalue weighted by Crippen LogP contribution is 2.17. The molecule has 0 aliphatic rings. The van der Waals surface area contributed by atoms with Gasteiger partial charge in [-0.25, -0.2) is 8.42 Å². The average molecular weight is 409 g/mol. The van der Waals surface area contributed by atoms with Gasteiger partial charge in [0, 0.05) is 17.8 Å². The predicted molar refractivity (Wildman–Crippen MR) is 116 cm³/mol. The molecule has 6 heteroatoms. The van der Waals surface area contributed by atoms with Crippen LogP contribution in [0.2, 0.25) is 0 Å². The van der Waals surface area contributed by atoms with E-state index in [0.717, 1.165) is 18.4 Å². The van der Waals surface area contributed by atoms with Gasteiger partial charge in [0.15, 0.2) is 0 Å². The van der Waals surface area contributed by atoms with Gasteiger partial charge in [-0.2, -0.15) is 0 Å². The molecule has 0 radical (unpaired) electrons. The molecule has 0 aliphatic carbocycles. The van der Waals surface area contributed by atoms with Crippen LogP contribution in [0.1, 0.15) is 27.9 Å². The summed E-state index contributed by atoms with van der Waals surface area (Å²) in [7, 11) is -3.77. The molecule has 0 unspecified atom stereocenters. The maximum absolute atomic E-state index is 12.6. The van der Waals surface area contributed by atoms with E-state index in [-0.39, 0.29) is 10.8 Å². The van der Waals surface area contributed by atoms with Crippen molar-refractivity contribution in [1.82, 2.24) is 5.32 Å². The second-order valence-electron chi connectivity index (χ2n) is 6.84. The van der Waals surface area contributed by atoms with Gasteiger partial charge in [-0.15, -0.1) is 0 Å². The average Bonchev–Trinajstić information content (AvgIpc) is 2.73. The van der Waals surface area contributed by atoms with Crippen LogP contribution in [-0.2, 0) is 16.4 Å². The van der Waals surface area contributed by atoms with E-state index in [2.05, 4.69) is 22.2 Å². The quantitative estimate of drug-likeness (QED) is 0.550. The summed E-state index contributed by atoms with van der Waals surface area (Å²) in [6.07, 6.45) is 1.68. The lowest BCUT2D eigenvalue weighted by atomic mass is 10.1. The minimum Gasteiger partial charge on any atom is -0.352 e. The van der Waals surface area contributed by atoms with E-state index in [0.29, 0.717) is 17.8 Å². The smallest absolute Gasteiger partial charge is 0.261 e. The van der Waals surface area contributed by atoms with Crippen LogP contribution in [0.3, 0.4) is 0 Å². The molecule has 0 spiro atoms. The molecule has 0 saturated heterocycles. The molecule has 1 amide bonds. The number of anilines is 1. The summed E-state index contributed by atoms with van der Waals surface area (Å²) < 4.78 is 27.8. The first-order valence-electron chi connectivity index (χ1n) is 9.46. The molecule has 0 aliphatic heterocycles. The number of hydrogen-bond acceptors (Lipinski definition) is 3. The number of carbonyl (C=O) groups excluding carboxylic acids is 1. The van der Waals surface area contributed by atoms with Crippen LogP contribution in [0.25, 0.3) is 0 Å². The molecule has 2 N–H and O–H groups in total. The van der Waals surface area contributed by atoms with Crippen molar-refractivity contribution >= 4 is 21.6 Å². The Morgan fingerprint density at radius 1 is 0.897 bits per heavy atom. The molecule has 3 rings (SSSR count). The Balaban J connectivity index is 1.60. The monoisotopic (exact) mass is 408 g/mol. The number of nitrogens with one attached hydrogen (secondary N) is 2. The first-order valence-corrected chi connectivity index (χ1v) is 10.9. The van der Waals surface area contributed by atoms with E-state index in [1.54, 1.807) is 24.3 Å². The van der Waals surface area contributed by atoms with E-state index < -0.39 is 10.0 Å². The summed E-state index contributed by atoms with van der Waals surface area (Å²) in [6.45, 7) is 2.45. The maximum atomic E-state index is 12.6. The van der Waals surface area contributed by atoms with E-state index >= 15 is 0 Å². The van der Waals surface area contributed by atoms with Crippen LogP contribution in [-0.4, -0.2) is 20.9 Å². The number of rotatable bonds is 8. The van der Waals surface area contributed by atoms with Gasteiger partial charge >= 0.3 is 0 Å². The fourth-order valence-corrected chi connectivity index (χ4v) is 3.99. The fraction of sp³-hybridized carbons (Fsp3) is 0.174. The molecule has 0 atom stereocenters. The summed E-state index contributed by atoms with van der Waals surface area (Å²) in [5.41, 5.74) is 3.05. The highest BCUT2D eigenvalue weighted by atomic mass is 32.2. The Labute approximate surface area is 171 Å². The van der Waals surface area contributed by atoms with Crippen LogP contribution < -0.4 is 10.0 Å². The predicted octanol–water partition coefficient (Wildman–Crippen LogP) is 4.16. The molecule has 3 aromatic rings. The zero-order chi connectivity index (χ0) is 20.7. The molecule has 0 bridgehead atoms. The topological polar surface area (TPSA) is 75.3 Å². The van der Waals surface area contributed by atoms with Crippen LogP contribution in [0.5, 0.6) is 0 Å². The van der Waals surface area contributed by atoms with E-state index in [9.17, 15) is 13.2 Å². The third-order valence-electron chi connectivity index (χ3n) is 4.48. The standard InChI is InChI=1S/C23H24N2O3S/c1-18-12-14-21(15-13-18)25-29(27,28)22-11-5-10-20(17-22)23(26)24-16-6-9-19-7-3-2-4-8-19/h2-5,7-8,10-15,17,25H,6,9,16H2,1H3,(H,24,26). The van der Waals surface area contributed by atoms with Gasteiger partial charge < -0.3 is 5.32 Å². The first-order chi connectivity index (χ1) is 13.9. The van der Waals surface area contributed by atoms with E-state index in [1.807, 2.05) is 37.3 Å². The summed E-state index contributed by atoms with van der Waals surface area (Å²) in [5.74, 6) is -0.287. The summed E-state index contributed by atoms with van der Waals surface area (Å²) in [5, 5.41) is 2.85. The Bertz CT molecular complexity index is 1060. The van der Waals surface area contributed by atoms with Gasteiger partial charge in [-0.05, 0) is 55.7 Å². The minimum absolute atomic E-state index is 0.0509. The van der Waals surface area contributed by atoms with Gasteiger partial charge in [0.2, 0.25) is 0 Å². The zero-order valence-electron chi connectivity index (χ0n) is 16.3. The van der Waals surface area contributed by atoms with Crippen molar-refractivity contribution in [3.63, 3.8) is 0 Å². The Kier molecular flexibility index (Phi) is 6.67.